The van der Waals surface area contributed by atoms with Crippen LogP contribution in [0.3, 0.4) is 0 Å². The van der Waals surface area contributed by atoms with Crippen LogP contribution in [0.15, 0.2) is 47.1 Å². The summed E-state index contributed by atoms with van der Waals surface area (Å²) in [6, 6.07) is 11.5. The quantitative estimate of drug-likeness (QED) is 0.487. The summed E-state index contributed by atoms with van der Waals surface area (Å²) >= 11 is 7.20. The van der Waals surface area contributed by atoms with Crippen molar-refractivity contribution in [3.05, 3.63) is 54.0 Å². The molecular formula is C21H27N3O2S2. The highest BCUT2D eigenvalue weighted by molar-refractivity contribution is 7.98. The van der Waals surface area contributed by atoms with Crippen LogP contribution in [0.1, 0.15) is 41.8 Å². The zero-order valence-electron chi connectivity index (χ0n) is 16.0. The Morgan fingerprint density at radius 1 is 1.14 bits per heavy atom. The Bertz CT molecular complexity index is 742. The minimum atomic E-state index is 0.124. The van der Waals surface area contributed by atoms with Crippen LogP contribution < -0.4 is 10.6 Å². The maximum absolute atomic E-state index is 12.5. The Hall–Kier alpha value is -1.99. The number of thiocarbonyl (C=S) groups is 1. The van der Waals surface area contributed by atoms with Gasteiger partial charge in [-0.25, -0.2) is 0 Å². The van der Waals surface area contributed by atoms with E-state index in [1.54, 1.807) is 6.26 Å². The molecule has 2 N–H and O–H groups in total. The number of nitrogens with one attached hydrogen (secondary N) is 2. The smallest absolute Gasteiger partial charge is 0.253 e. The van der Waals surface area contributed by atoms with Crippen LogP contribution in [0.5, 0.6) is 0 Å². The molecule has 0 radical (unpaired) electrons. The second-order valence-electron chi connectivity index (χ2n) is 6.80. The summed E-state index contributed by atoms with van der Waals surface area (Å²) in [6.45, 7) is 2.56. The maximum atomic E-state index is 12.5. The van der Waals surface area contributed by atoms with Gasteiger partial charge in [0.05, 0.1) is 12.0 Å². The number of thioether (sulfide) groups is 1. The lowest BCUT2D eigenvalue weighted by Crippen LogP contribution is -2.35. The van der Waals surface area contributed by atoms with E-state index in [1.807, 2.05) is 53.1 Å². The fourth-order valence-electron chi connectivity index (χ4n) is 3.09. The van der Waals surface area contributed by atoms with Crippen molar-refractivity contribution in [3.63, 3.8) is 0 Å². The van der Waals surface area contributed by atoms with E-state index < -0.39 is 0 Å². The summed E-state index contributed by atoms with van der Waals surface area (Å²) in [5, 5.41) is 7.00. The second-order valence-corrected chi connectivity index (χ2v) is 8.31. The lowest BCUT2D eigenvalue weighted by atomic mass is 10.1. The zero-order valence-corrected chi connectivity index (χ0v) is 17.6. The minimum Gasteiger partial charge on any atom is -0.468 e. The molecule has 2 aromatic rings. The van der Waals surface area contributed by atoms with Gasteiger partial charge in [0.2, 0.25) is 0 Å². The molecule has 1 aromatic carbocycles. The molecule has 1 aliphatic heterocycles. The third-order valence-electron chi connectivity index (χ3n) is 4.61. The normalized spacial score (nSPS) is 13.9. The van der Waals surface area contributed by atoms with E-state index in [-0.39, 0.29) is 5.91 Å². The molecule has 0 spiro atoms. The maximum Gasteiger partial charge on any atom is 0.253 e. The molecule has 1 fully saturated rings. The van der Waals surface area contributed by atoms with E-state index in [9.17, 15) is 4.79 Å². The number of hydrogen-bond donors (Lipinski definition) is 2. The number of hydrogen-bond acceptors (Lipinski definition) is 4. The van der Waals surface area contributed by atoms with E-state index >= 15 is 0 Å². The van der Waals surface area contributed by atoms with Gasteiger partial charge in [-0.1, -0.05) is 0 Å². The molecule has 3 rings (SSSR count). The predicted octanol–water partition coefficient (Wildman–Crippen LogP) is 4.52. The van der Waals surface area contributed by atoms with Crippen LogP contribution in [0.25, 0.3) is 0 Å². The van der Waals surface area contributed by atoms with Gasteiger partial charge >= 0.3 is 0 Å². The highest BCUT2D eigenvalue weighted by Crippen LogP contribution is 2.16. The number of likely N-dealkylation sites (tertiary alicyclic amines) is 1. The van der Waals surface area contributed by atoms with Crippen molar-refractivity contribution in [2.75, 3.05) is 30.7 Å². The van der Waals surface area contributed by atoms with Crippen molar-refractivity contribution in [1.82, 2.24) is 10.2 Å². The number of amides is 1. The molecule has 7 heteroatoms. The number of carbonyl (C=O) groups excluding carboxylic acids is 1. The van der Waals surface area contributed by atoms with E-state index in [0.717, 1.165) is 67.4 Å². The Morgan fingerprint density at radius 2 is 1.93 bits per heavy atom. The van der Waals surface area contributed by atoms with Crippen LogP contribution in [-0.4, -0.2) is 41.3 Å². The summed E-state index contributed by atoms with van der Waals surface area (Å²) in [5.74, 6) is 3.08. The fraction of sp³-hybridized carbons (Fsp3) is 0.429. The van der Waals surface area contributed by atoms with E-state index in [4.69, 9.17) is 16.6 Å². The van der Waals surface area contributed by atoms with Gasteiger partial charge < -0.3 is 20.0 Å². The average Bonchev–Trinajstić information content (AvgIpc) is 3.25. The van der Waals surface area contributed by atoms with Gasteiger partial charge in [-0.3, -0.25) is 4.79 Å². The van der Waals surface area contributed by atoms with Gasteiger partial charge in [0.25, 0.3) is 5.91 Å². The first-order valence-electron chi connectivity index (χ1n) is 9.77. The number of furan rings is 1. The Balaban J connectivity index is 1.33. The van der Waals surface area contributed by atoms with Crippen molar-refractivity contribution < 1.29 is 9.21 Å². The number of benzene rings is 1. The molecule has 0 atom stereocenters. The molecule has 2 heterocycles. The molecule has 150 valence electrons. The monoisotopic (exact) mass is 417 g/mol. The van der Waals surface area contributed by atoms with Crippen LogP contribution >= 0.6 is 24.0 Å². The molecule has 0 saturated carbocycles. The van der Waals surface area contributed by atoms with Crippen LogP contribution in [0, 0.1) is 0 Å². The van der Waals surface area contributed by atoms with Gasteiger partial charge in [-0.15, -0.1) is 0 Å². The van der Waals surface area contributed by atoms with E-state index in [1.165, 1.54) is 6.42 Å². The number of carbonyl (C=O) groups is 1. The second kappa shape index (κ2) is 11.1. The zero-order chi connectivity index (χ0) is 19.6. The van der Waals surface area contributed by atoms with Gasteiger partial charge in [0.15, 0.2) is 5.11 Å². The van der Waals surface area contributed by atoms with Crippen LogP contribution in [0.2, 0.25) is 0 Å². The lowest BCUT2D eigenvalue weighted by molar-refractivity contribution is 0.0724. The summed E-state index contributed by atoms with van der Waals surface area (Å²) in [7, 11) is 0. The number of nitrogens with zero attached hydrogens (tertiary/aromatic N) is 1. The molecule has 1 saturated heterocycles. The Labute approximate surface area is 176 Å². The lowest BCUT2D eigenvalue weighted by Gasteiger charge is -2.26. The SMILES string of the molecule is O=C(c1ccc(NC(=S)NCCCSCc2ccco2)cc1)N1CCCCC1. The van der Waals surface area contributed by atoms with Crippen molar-refractivity contribution >= 4 is 40.7 Å². The first-order valence-corrected chi connectivity index (χ1v) is 11.3. The van der Waals surface area contributed by atoms with Crippen molar-refractivity contribution in [1.29, 1.82) is 0 Å². The van der Waals surface area contributed by atoms with Crippen LogP contribution in [-0.2, 0) is 5.75 Å². The molecule has 5 nitrogen and oxygen atoms in total. The first kappa shape index (κ1) is 20.7. The van der Waals surface area contributed by atoms with Crippen LogP contribution in [0.4, 0.5) is 5.69 Å². The number of rotatable bonds is 8. The van der Waals surface area contributed by atoms with Gasteiger partial charge in [-0.2, -0.15) is 11.8 Å². The van der Waals surface area contributed by atoms with Gasteiger partial charge in [0, 0.05) is 30.9 Å². The highest BCUT2D eigenvalue weighted by atomic mass is 32.2. The Kier molecular flexibility index (Phi) is 8.23. The molecule has 1 aromatic heterocycles. The van der Waals surface area contributed by atoms with E-state index in [2.05, 4.69) is 10.6 Å². The number of anilines is 1. The Morgan fingerprint density at radius 3 is 2.64 bits per heavy atom. The molecule has 0 aliphatic carbocycles. The average molecular weight is 418 g/mol. The molecule has 1 aliphatic rings. The highest BCUT2D eigenvalue weighted by Gasteiger charge is 2.17. The van der Waals surface area contributed by atoms with Gasteiger partial charge in [0.1, 0.15) is 5.76 Å². The van der Waals surface area contributed by atoms with Gasteiger partial charge in [-0.05, 0) is 80.1 Å². The molecular weight excluding hydrogens is 390 g/mol. The molecule has 28 heavy (non-hydrogen) atoms. The standard InChI is InChI=1S/C21H27N3O2S2/c25-20(24-12-2-1-3-13-24)17-7-9-18(10-8-17)23-21(27)22-11-5-15-28-16-19-6-4-14-26-19/h4,6-10,14H,1-3,5,11-13,15-16H2,(H2,22,23,27). The third-order valence-corrected chi connectivity index (χ3v) is 5.92. The first-order chi connectivity index (χ1) is 13.7. The third kappa shape index (κ3) is 6.56. The topological polar surface area (TPSA) is 57.5 Å². The van der Waals surface area contributed by atoms with Crippen molar-refractivity contribution in [2.45, 2.75) is 31.4 Å². The minimum absolute atomic E-state index is 0.124. The molecule has 0 bridgehead atoms. The van der Waals surface area contributed by atoms with Crippen molar-refractivity contribution in [3.8, 4) is 0 Å². The number of piperidine rings is 1. The van der Waals surface area contributed by atoms with E-state index in [0.29, 0.717) is 5.11 Å². The fourth-order valence-corrected chi connectivity index (χ4v) is 4.17. The summed E-state index contributed by atoms with van der Waals surface area (Å²) in [4.78, 5) is 14.4. The molecule has 1 amide bonds. The predicted molar refractivity (Wildman–Crippen MR) is 120 cm³/mol. The summed E-state index contributed by atoms with van der Waals surface area (Å²) in [6.07, 6.45) is 6.16. The van der Waals surface area contributed by atoms with Crippen molar-refractivity contribution in [2.24, 2.45) is 0 Å². The summed E-state index contributed by atoms with van der Waals surface area (Å²) < 4.78 is 5.31. The molecule has 0 unspecified atom stereocenters. The summed E-state index contributed by atoms with van der Waals surface area (Å²) in [5.41, 5.74) is 1.62. The largest absolute Gasteiger partial charge is 0.468 e.